The first-order valence-electron chi connectivity index (χ1n) is 6.53. The van der Waals surface area contributed by atoms with E-state index in [1.54, 1.807) is 0 Å². The number of nitrogens with two attached hydrogens (primary N) is 1. The number of hydrogen-bond donors (Lipinski definition) is 4. The number of aromatic amines is 1. The van der Waals surface area contributed by atoms with E-state index in [2.05, 4.69) is 15.0 Å². The zero-order chi connectivity index (χ0) is 16.7. The molecule has 2 aromatic rings. The van der Waals surface area contributed by atoms with Crippen molar-refractivity contribution in [1.29, 1.82) is 0 Å². The molecule has 0 saturated heterocycles. The molecule has 0 atom stereocenters. The van der Waals surface area contributed by atoms with Crippen LogP contribution in [0, 0.1) is 0 Å². The van der Waals surface area contributed by atoms with Crippen LogP contribution in [0.5, 0.6) is 0 Å². The molecule has 5 N–H and O–H groups in total. The van der Waals surface area contributed by atoms with Crippen LogP contribution in [-0.2, 0) is 11.5 Å². The van der Waals surface area contributed by atoms with Gasteiger partial charge in [0.25, 0.3) is 5.56 Å². The first-order chi connectivity index (χ1) is 10.4. The third-order valence-corrected chi connectivity index (χ3v) is 2.35. The van der Waals surface area contributed by atoms with Crippen LogP contribution < -0.4 is 11.3 Å². The highest BCUT2D eigenvalue weighted by molar-refractivity contribution is 5.70. The van der Waals surface area contributed by atoms with Gasteiger partial charge >= 0.3 is 0 Å². The normalized spacial score (nSPS) is 11.0. The number of hydrogen-bond acceptors (Lipinski definition) is 8. The second-order valence-corrected chi connectivity index (χ2v) is 4.96. The molecule has 10 heteroatoms. The number of nitrogen functional groups attached to an aromatic ring is 1. The molecule has 0 aliphatic heterocycles. The van der Waals surface area contributed by atoms with Crippen molar-refractivity contribution in [2.75, 3.05) is 40.1 Å². The highest BCUT2D eigenvalue weighted by Gasteiger charge is 2.11. The van der Waals surface area contributed by atoms with Crippen LogP contribution in [0.25, 0.3) is 11.2 Å². The monoisotopic (exact) mass is 314 g/mol. The van der Waals surface area contributed by atoms with E-state index >= 15 is 0 Å². The summed E-state index contributed by atoms with van der Waals surface area (Å²) in [5.41, 5.74) is 5.43. The molecule has 0 saturated carbocycles. The number of aliphatic hydroxyl groups excluding tert-OH is 2. The van der Waals surface area contributed by atoms with Gasteiger partial charge in [0.2, 0.25) is 5.95 Å². The molecule has 124 valence electrons. The summed E-state index contributed by atoms with van der Waals surface area (Å²) >= 11 is 0. The lowest BCUT2D eigenvalue weighted by atomic mass is 10.4. The first kappa shape index (κ1) is 18.0. The van der Waals surface area contributed by atoms with Gasteiger partial charge in [-0.25, -0.2) is 4.98 Å². The van der Waals surface area contributed by atoms with Gasteiger partial charge in [-0.1, -0.05) is 0 Å². The predicted molar refractivity (Wildman–Crippen MR) is 81.2 cm³/mol. The van der Waals surface area contributed by atoms with E-state index in [9.17, 15) is 4.79 Å². The van der Waals surface area contributed by atoms with Crippen molar-refractivity contribution in [3.05, 3.63) is 16.7 Å². The topological polar surface area (TPSA) is 143 Å². The Morgan fingerprint density at radius 3 is 2.55 bits per heavy atom. The minimum atomic E-state index is -0.693. The number of anilines is 1. The number of aromatic nitrogens is 4. The number of ether oxygens (including phenoxy) is 1. The van der Waals surface area contributed by atoms with Crippen molar-refractivity contribution in [3.63, 3.8) is 0 Å². The SMILES string of the molecule is CN(C)C.Nc1nc2c(ncn2COC(CO)CO)c(=O)[nH]1. The van der Waals surface area contributed by atoms with Crippen molar-refractivity contribution < 1.29 is 14.9 Å². The molecule has 2 aromatic heterocycles. The van der Waals surface area contributed by atoms with E-state index in [4.69, 9.17) is 20.7 Å². The highest BCUT2D eigenvalue weighted by Crippen LogP contribution is 2.07. The summed E-state index contributed by atoms with van der Waals surface area (Å²) in [4.78, 5) is 23.6. The van der Waals surface area contributed by atoms with Crippen LogP contribution in [0.1, 0.15) is 0 Å². The van der Waals surface area contributed by atoms with E-state index < -0.39 is 11.7 Å². The Bertz CT molecular complexity index is 631. The maximum absolute atomic E-state index is 11.5. The lowest BCUT2D eigenvalue weighted by Gasteiger charge is -2.12. The fraction of sp³-hybridized carbons (Fsp3) is 0.583. The van der Waals surface area contributed by atoms with Gasteiger partial charge < -0.3 is 25.6 Å². The van der Waals surface area contributed by atoms with Crippen molar-refractivity contribution >= 4 is 17.1 Å². The molecule has 0 bridgehead atoms. The molecule has 0 aliphatic rings. The molecule has 22 heavy (non-hydrogen) atoms. The Morgan fingerprint density at radius 2 is 2.00 bits per heavy atom. The van der Waals surface area contributed by atoms with Crippen molar-refractivity contribution in [2.24, 2.45) is 0 Å². The number of H-pyrrole nitrogens is 1. The maximum atomic E-state index is 11.5. The van der Waals surface area contributed by atoms with Crippen LogP contribution in [0.2, 0.25) is 0 Å². The van der Waals surface area contributed by atoms with Gasteiger partial charge in [0.05, 0.1) is 19.5 Å². The maximum Gasteiger partial charge on any atom is 0.280 e. The Labute approximate surface area is 127 Å². The second kappa shape index (κ2) is 8.44. The molecule has 2 rings (SSSR count). The van der Waals surface area contributed by atoms with E-state index in [0.717, 1.165) is 0 Å². The van der Waals surface area contributed by atoms with Gasteiger partial charge in [0.1, 0.15) is 12.8 Å². The molecule has 0 aromatic carbocycles. The number of rotatable bonds is 5. The van der Waals surface area contributed by atoms with Crippen molar-refractivity contribution in [1.82, 2.24) is 24.4 Å². The predicted octanol–water partition coefficient (Wildman–Crippen LogP) is -1.79. The Morgan fingerprint density at radius 1 is 1.41 bits per heavy atom. The van der Waals surface area contributed by atoms with Gasteiger partial charge in [-0.2, -0.15) is 4.98 Å². The van der Waals surface area contributed by atoms with Gasteiger partial charge in [-0.15, -0.1) is 0 Å². The Balaban J connectivity index is 0.000000541. The first-order valence-corrected chi connectivity index (χ1v) is 6.53. The standard InChI is InChI=1S/C9H13N5O4.C3H9N/c10-9-12-7-6(8(17)13-9)11-3-14(7)4-18-5(1-15)2-16;1-4(2)3/h3,5,15-16H,1-2,4H2,(H3,10,12,13,17);1-3H3. The summed E-state index contributed by atoms with van der Waals surface area (Å²) in [6.07, 6.45) is 0.680. The quantitative estimate of drug-likeness (QED) is 0.506. The highest BCUT2D eigenvalue weighted by atomic mass is 16.5. The summed E-state index contributed by atoms with van der Waals surface area (Å²) in [6.45, 7) is -0.614. The average Bonchev–Trinajstić information content (AvgIpc) is 2.83. The number of fused-ring (bicyclic) bond motifs is 1. The molecule has 0 aliphatic carbocycles. The van der Waals surface area contributed by atoms with Crippen molar-refractivity contribution in [2.45, 2.75) is 12.8 Å². The van der Waals surface area contributed by atoms with Gasteiger partial charge in [0, 0.05) is 0 Å². The van der Waals surface area contributed by atoms with Crippen LogP contribution >= 0.6 is 0 Å². The van der Waals surface area contributed by atoms with Crippen LogP contribution in [-0.4, -0.2) is 75.1 Å². The third kappa shape index (κ3) is 5.07. The zero-order valence-corrected chi connectivity index (χ0v) is 12.9. The van der Waals surface area contributed by atoms with Crippen molar-refractivity contribution in [3.8, 4) is 0 Å². The number of imidazole rings is 1. The van der Waals surface area contributed by atoms with Gasteiger partial charge in [0.15, 0.2) is 11.2 Å². The van der Waals surface area contributed by atoms with E-state index in [1.165, 1.54) is 10.9 Å². The Kier molecular flexibility index (Phi) is 6.92. The van der Waals surface area contributed by atoms with Crippen LogP contribution in [0.15, 0.2) is 11.1 Å². The molecule has 0 fully saturated rings. The summed E-state index contributed by atoms with van der Waals surface area (Å²) < 4.78 is 6.66. The minimum Gasteiger partial charge on any atom is -0.394 e. The number of aliphatic hydroxyl groups is 2. The lowest BCUT2D eigenvalue weighted by molar-refractivity contribution is -0.0488. The van der Waals surface area contributed by atoms with E-state index in [1.807, 2.05) is 26.0 Å². The van der Waals surface area contributed by atoms with Gasteiger partial charge in [-0.3, -0.25) is 14.3 Å². The van der Waals surface area contributed by atoms with E-state index in [0.29, 0.717) is 0 Å². The largest absolute Gasteiger partial charge is 0.394 e. The molecule has 2 heterocycles. The minimum absolute atomic E-state index is 0.00181. The summed E-state index contributed by atoms with van der Waals surface area (Å²) in [6, 6.07) is 0. The van der Waals surface area contributed by atoms with Gasteiger partial charge in [-0.05, 0) is 21.1 Å². The smallest absolute Gasteiger partial charge is 0.280 e. The Hall–Kier alpha value is -2.01. The molecular formula is C12H22N6O4. The third-order valence-electron chi connectivity index (χ3n) is 2.35. The summed E-state index contributed by atoms with van der Waals surface area (Å²) in [7, 11) is 6.00. The fourth-order valence-electron chi connectivity index (χ4n) is 1.41. The van der Waals surface area contributed by atoms with Crippen LogP contribution in [0.3, 0.4) is 0 Å². The van der Waals surface area contributed by atoms with Crippen LogP contribution in [0.4, 0.5) is 5.95 Å². The zero-order valence-electron chi connectivity index (χ0n) is 12.9. The summed E-state index contributed by atoms with van der Waals surface area (Å²) in [5.74, 6) is -0.0184. The number of nitrogens with zero attached hydrogens (tertiary/aromatic N) is 4. The molecule has 0 amide bonds. The summed E-state index contributed by atoms with van der Waals surface area (Å²) in [5, 5.41) is 17.7. The van der Waals surface area contributed by atoms with E-state index in [-0.39, 0.29) is 37.1 Å². The number of nitrogens with one attached hydrogen (secondary N) is 1. The second-order valence-electron chi connectivity index (χ2n) is 4.96. The average molecular weight is 314 g/mol. The molecule has 0 spiro atoms. The molecule has 10 nitrogen and oxygen atoms in total. The molecular weight excluding hydrogens is 292 g/mol. The molecule has 0 radical (unpaired) electrons. The fourth-order valence-corrected chi connectivity index (χ4v) is 1.41. The molecule has 0 unspecified atom stereocenters. The lowest BCUT2D eigenvalue weighted by Crippen LogP contribution is -2.23.